The minimum absolute atomic E-state index is 0.426. The molecule has 1 N–H and O–H groups in total. The van der Waals surface area contributed by atoms with Gasteiger partial charge < -0.3 is 19.4 Å². The zero-order valence-corrected chi connectivity index (χ0v) is 14.4. The maximum Gasteiger partial charge on any atom is 0.417 e. The molecular formula is C18H17F3N2O4. The lowest BCUT2D eigenvalue weighted by atomic mass is 10.1. The number of nitrogens with one attached hydrogen (secondary N) is 1. The van der Waals surface area contributed by atoms with Gasteiger partial charge in [-0.15, -0.1) is 0 Å². The largest absolute Gasteiger partial charge is 0.486 e. The molecule has 1 atom stereocenters. The summed E-state index contributed by atoms with van der Waals surface area (Å²) in [6, 6.07) is 6.26. The van der Waals surface area contributed by atoms with Crippen LogP contribution in [0.25, 0.3) is 0 Å². The van der Waals surface area contributed by atoms with Crippen molar-refractivity contribution < 1.29 is 27.4 Å². The Morgan fingerprint density at radius 1 is 1.19 bits per heavy atom. The Hall–Kier alpha value is -2.97. The van der Waals surface area contributed by atoms with Crippen molar-refractivity contribution in [3.8, 4) is 11.5 Å². The number of rotatable bonds is 4. The first-order valence-electron chi connectivity index (χ1n) is 8.20. The molecule has 0 aliphatic carbocycles. The zero-order valence-electron chi connectivity index (χ0n) is 14.4. The summed E-state index contributed by atoms with van der Waals surface area (Å²) in [5, 5.41) is 2.66. The molecule has 3 rings (SSSR count). The molecule has 1 aromatic carbocycles. The molecule has 2 heterocycles. The molecule has 1 aliphatic heterocycles. The van der Waals surface area contributed by atoms with Crippen molar-refractivity contribution in [2.24, 2.45) is 0 Å². The molecule has 0 radical (unpaired) electrons. The lowest BCUT2D eigenvalue weighted by Crippen LogP contribution is -2.34. The Kier molecular flexibility index (Phi) is 5.11. The van der Waals surface area contributed by atoms with Gasteiger partial charge in [0.25, 0.3) is 5.56 Å². The van der Waals surface area contributed by atoms with Crippen LogP contribution in [0.15, 0.2) is 41.3 Å². The number of fused-ring (bicyclic) bond motifs is 1. The fraction of sp³-hybridized carbons (Fsp3) is 0.333. The fourth-order valence-corrected chi connectivity index (χ4v) is 2.68. The lowest BCUT2D eigenvalue weighted by Gasteiger charge is -2.21. The monoisotopic (exact) mass is 382 g/mol. The highest BCUT2D eigenvalue weighted by molar-refractivity contribution is 5.76. The SMILES string of the molecule is C[C@H](NC(=O)Cn1cc(C(F)(F)F)ccc1=O)c1ccc2c(c1)OCCO2. The Morgan fingerprint density at radius 3 is 2.59 bits per heavy atom. The number of aromatic nitrogens is 1. The number of alkyl halides is 3. The number of carbonyl (C=O) groups is 1. The number of ether oxygens (including phenoxy) is 2. The minimum atomic E-state index is -4.59. The number of pyridine rings is 1. The summed E-state index contributed by atoms with van der Waals surface area (Å²) in [5.74, 6) is 0.590. The van der Waals surface area contributed by atoms with Gasteiger partial charge in [-0.3, -0.25) is 9.59 Å². The summed E-state index contributed by atoms with van der Waals surface area (Å²) in [7, 11) is 0. The van der Waals surface area contributed by atoms with Gasteiger partial charge >= 0.3 is 6.18 Å². The van der Waals surface area contributed by atoms with E-state index in [1.54, 1.807) is 25.1 Å². The summed E-state index contributed by atoms with van der Waals surface area (Å²) >= 11 is 0. The van der Waals surface area contributed by atoms with Crippen LogP contribution in [0.5, 0.6) is 11.5 Å². The number of hydrogen-bond acceptors (Lipinski definition) is 4. The van der Waals surface area contributed by atoms with Gasteiger partial charge in [-0.25, -0.2) is 0 Å². The van der Waals surface area contributed by atoms with Gasteiger partial charge in [-0.1, -0.05) is 6.07 Å². The van der Waals surface area contributed by atoms with Gasteiger partial charge in [0.05, 0.1) is 11.6 Å². The van der Waals surface area contributed by atoms with E-state index >= 15 is 0 Å². The number of halogens is 3. The highest BCUT2D eigenvalue weighted by Crippen LogP contribution is 2.32. The average Bonchev–Trinajstić information content (AvgIpc) is 2.62. The van der Waals surface area contributed by atoms with Gasteiger partial charge in [0.2, 0.25) is 5.91 Å². The summed E-state index contributed by atoms with van der Waals surface area (Å²) < 4.78 is 50.0. The van der Waals surface area contributed by atoms with Crippen LogP contribution in [-0.2, 0) is 17.5 Å². The molecule has 1 aliphatic rings. The van der Waals surface area contributed by atoms with Crippen molar-refractivity contribution in [1.29, 1.82) is 0 Å². The van der Waals surface area contributed by atoms with Gasteiger partial charge in [-0.2, -0.15) is 13.2 Å². The molecule has 2 aromatic rings. The van der Waals surface area contributed by atoms with Crippen molar-refractivity contribution in [1.82, 2.24) is 9.88 Å². The molecule has 9 heteroatoms. The molecule has 0 bridgehead atoms. The average molecular weight is 382 g/mol. The number of nitrogens with zero attached hydrogens (tertiary/aromatic N) is 1. The molecule has 0 saturated carbocycles. The molecule has 27 heavy (non-hydrogen) atoms. The highest BCUT2D eigenvalue weighted by Gasteiger charge is 2.31. The summed E-state index contributed by atoms with van der Waals surface area (Å²) in [6.45, 7) is 2.09. The van der Waals surface area contributed by atoms with E-state index in [0.29, 0.717) is 37.0 Å². The molecule has 0 unspecified atom stereocenters. The van der Waals surface area contributed by atoms with Gasteiger partial charge in [0.15, 0.2) is 11.5 Å². The number of amides is 1. The maximum absolute atomic E-state index is 12.8. The second-order valence-electron chi connectivity index (χ2n) is 6.07. The van der Waals surface area contributed by atoms with Crippen LogP contribution >= 0.6 is 0 Å². The second kappa shape index (κ2) is 7.34. The Bertz CT molecular complexity index is 908. The number of hydrogen-bond donors (Lipinski definition) is 1. The van der Waals surface area contributed by atoms with Crippen molar-refractivity contribution in [2.45, 2.75) is 25.7 Å². The van der Waals surface area contributed by atoms with Crippen LogP contribution in [-0.4, -0.2) is 23.7 Å². The van der Waals surface area contributed by atoms with E-state index < -0.39 is 35.8 Å². The van der Waals surface area contributed by atoms with Crippen molar-refractivity contribution in [3.05, 3.63) is 58.0 Å². The maximum atomic E-state index is 12.8. The smallest absolute Gasteiger partial charge is 0.417 e. The number of carbonyl (C=O) groups excluding carboxylic acids is 1. The van der Waals surface area contributed by atoms with Gasteiger partial charge in [0.1, 0.15) is 19.8 Å². The van der Waals surface area contributed by atoms with Gasteiger partial charge in [-0.05, 0) is 30.7 Å². The first kappa shape index (κ1) is 18.8. The standard InChI is InChI=1S/C18H17F3N2O4/c1-11(12-2-4-14-15(8-12)27-7-6-26-14)22-16(24)10-23-9-13(18(19,20)21)3-5-17(23)25/h2-5,8-9,11H,6-7,10H2,1H3,(H,22,24)/t11-/m0/s1. The fourth-order valence-electron chi connectivity index (χ4n) is 2.68. The van der Waals surface area contributed by atoms with E-state index in [1.165, 1.54) is 0 Å². The first-order chi connectivity index (χ1) is 12.7. The van der Waals surface area contributed by atoms with Crippen LogP contribution in [0.3, 0.4) is 0 Å². The molecule has 6 nitrogen and oxygen atoms in total. The van der Waals surface area contributed by atoms with Crippen molar-refractivity contribution in [3.63, 3.8) is 0 Å². The van der Waals surface area contributed by atoms with Crippen LogP contribution in [0.1, 0.15) is 24.1 Å². The van der Waals surface area contributed by atoms with Crippen molar-refractivity contribution in [2.75, 3.05) is 13.2 Å². The Morgan fingerprint density at radius 2 is 1.89 bits per heavy atom. The quantitative estimate of drug-likeness (QED) is 0.882. The van der Waals surface area contributed by atoms with Crippen LogP contribution in [0.4, 0.5) is 13.2 Å². The third-order valence-electron chi connectivity index (χ3n) is 4.07. The summed E-state index contributed by atoms with van der Waals surface area (Å²) in [5.41, 5.74) is -0.941. The molecule has 0 saturated heterocycles. The molecule has 0 spiro atoms. The molecule has 1 aromatic heterocycles. The summed E-state index contributed by atoms with van der Waals surface area (Å²) in [6.07, 6.45) is -3.96. The Labute approximate surface area is 152 Å². The van der Waals surface area contributed by atoms with Gasteiger partial charge in [0, 0.05) is 12.3 Å². The molecular weight excluding hydrogens is 365 g/mol. The van der Waals surface area contributed by atoms with Crippen LogP contribution < -0.4 is 20.3 Å². The zero-order chi connectivity index (χ0) is 19.6. The molecule has 1 amide bonds. The third kappa shape index (κ3) is 4.42. The predicted molar refractivity (Wildman–Crippen MR) is 89.7 cm³/mol. The lowest BCUT2D eigenvalue weighted by molar-refractivity contribution is -0.138. The van der Waals surface area contributed by atoms with Crippen LogP contribution in [0.2, 0.25) is 0 Å². The van der Waals surface area contributed by atoms with E-state index in [4.69, 9.17) is 9.47 Å². The van der Waals surface area contributed by atoms with E-state index in [1.807, 2.05) is 0 Å². The molecule has 144 valence electrons. The topological polar surface area (TPSA) is 69.6 Å². The third-order valence-corrected chi connectivity index (χ3v) is 4.07. The van der Waals surface area contributed by atoms with E-state index in [2.05, 4.69) is 5.32 Å². The summed E-state index contributed by atoms with van der Waals surface area (Å²) in [4.78, 5) is 23.9. The van der Waals surface area contributed by atoms with Crippen molar-refractivity contribution >= 4 is 5.91 Å². The normalized spacial score (nSPS) is 14.5. The minimum Gasteiger partial charge on any atom is -0.486 e. The van der Waals surface area contributed by atoms with E-state index in [0.717, 1.165) is 16.2 Å². The second-order valence-corrected chi connectivity index (χ2v) is 6.07. The van der Waals surface area contributed by atoms with Crippen LogP contribution in [0, 0.1) is 0 Å². The first-order valence-corrected chi connectivity index (χ1v) is 8.20. The Balaban J connectivity index is 1.70. The van der Waals surface area contributed by atoms with E-state index in [-0.39, 0.29) is 0 Å². The highest BCUT2D eigenvalue weighted by atomic mass is 19.4. The van der Waals surface area contributed by atoms with E-state index in [9.17, 15) is 22.8 Å². The molecule has 0 fully saturated rings. The predicted octanol–water partition coefficient (Wildman–Crippen LogP) is 2.52. The number of benzene rings is 1.